The van der Waals surface area contributed by atoms with Crippen LogP contribution in [-0.4, -0.2) is 41.7 Å². The van der Waals surface area contributed by atoms with Crippen molar-refractivity contribution in [3.05, 3.63) is 77.4 Å². The minimum Gasteiger partial charge on any atom is -0.396 e. The molecule has 4 nitrogen and oxygen atoms in total. The highest BCUT2D eigenvalue weighted by Crippen LogP contribution is 2.48. The second-order valence-electron chi connectivity index (χ2n) is 10.9. The summed E-state index contributed by atoms with van der Waals surface area (Å²) in [7, 11) is 0. The molecular weight excluding hydrogens is 420 g/mol. The first kappa shape index (κ1) is 21.8. The van der Waals surface area contributed by atoms with E-state index < -0.39 is 5.41 Å². The van der Waals surface area contributed by atoms with Crippen LogP contribution in [0.4, 0.5) is 5.69 Å². The van der Waals surface area contributed by atoms with Gasteiger partial charge in [0.1, 0.15) is 0 Å². The smallest absolute Gasteiger partial charge is 0.237 e. The molecule has 1 amide bonds. The van der Waals surface area contributed by atoms with Crippen molar-refractivity contribution in [2.24, 2.45) is 5.92 Å². The maximum atomic E-state index is 13.9. The second-order valence-corrected chi connectivity index (χ2v) is 10.9. The van der Waals surface area contributed by atoms with Crippen molar-refractivity contribution >= 4 is 22.4 Å². The molecule has 2 aliphatic heterocycles. The van der Waals surface area contributed by atoms with Crippen molar-refractivity contribution in [3.63, 3.8) is 0 Å². The zero-order valence-electron chi connectivity index (χ0n) is 20.2. The van der Waals surface area contributed by atoms with E-state index in [2.05, 4.69) is 65.3 Å². The van der Waals surface area contributed by atoms with Crippen LogP contribution in [0.5, 0.6) is 0 Å². The molecule has 1 saturated heterocycles. The van der Waals surface area contributed by atoms with Gasteiger partial charge in [0.15, 0.2) is 0 Å². The van der Waals surface area contributed by atoms with Crippen LogP contribution >= 0.6 is 0 Å². The van der Waals surface area contributed by atoms with E-state index in [1.54, 1.807) is 0 Å². The first-order valence-electron chi connectivity index (χ1n) is 12.8. The number of anilines is 1. The minimum absolute atomic E-state index is 0.0931. The first-order chi connectivity index (χ1) is 16.5. The number of rotatable bonds is 5. The van der Waals surface area contributed by atoms with Crippen molar-refractivity contribution in [2.75, 3.05) is 24.6 Å². The molecule has 2 heterocycles. The van der Waals surface area contributed by atoms with Gasteiger partial charge in [0.25, 0.3) is 0 Å². The van der Waals surface area contributed by atoms with E-state index in [0.29, 0.717) is 12.5 Å². The molecule has 176 valence electrons. The van der Waals surface area contributed by atoms with Crippen LogP contribution in [0.3, 0.4) is 0 Å². The summed E-state index contributed by atoms with van der Waals surface area (Å²) >= 11 is 0. The van der Waals surface area contributed by atoms with Gasteiger partial charge in [-0.15, -0.1) is 0 Å². The third-order valence-corrected chi connectivity index (χ3v) is 8.62. The number of para-hydroxylation sites is 1. The summed E-state index contributed by atoms with van der Waals surface area (Å²) in [6, 6.07) is 22.4. The monoisotopic (exact) mass is 454 g/mol. The van der Waals surface area contributed by atoms with Gasteiger partial charge in [-0.2, -0.15) is 0 Å². The Balaban J connectivity index is 1.23. The van der Waals surface area contributed by atoms with Crippen LogP contribution in [0.1, 0.15) is 55.8 Å². The Bertz CT molecular complexity index is 1240. The predicted octanol–water partition coefficient (Wildman–Crippen LogP) is 5.22. The number of carbonyl (C=O) groups excluding carboxylic acids is 1. The van der Waals surface area contributed by atoms with Gasteiger partial charge in [-0.1, -0.05) is 61.5 Å². The van der Waals surface area contributed by atoms with Gasteiger partial charge in [0.05, 0.1) is 5.41 Å². The fraction of sp³-hybridized carbons (Fsp3) is 0.433. The highest BCUT2D eigenvalue weighted by Gasteiger charge is 2.50. The summed E-state index contributed by atoms with van der Waals surface area (Å²) in [5.74, 6) is 0.306. The molecule has 0 aromatic heterocycles. The van der Waals surface area contributed by atoms with Crippen LogP contribution in [0, 0.1) is 5.92 Å². The number of hydrogen-bond acceptors (Lipinski definition) is 3. The number of hydrogen-bond donors (Lipinski definition) is 1. The summed E-state index contributed by atoms with van der Waals surface area (Å²) in [6.45, 7) is 6.24. The molecule has 1 N–H and O–H groups in total. The van der Waals surface area contributed by atoms with Crippen molar-refractivity contribution in [2.45, 2.75) is 57.0 Å². The van der Waals surface area contributed by atoms with E-state index in [1.165, 1.54) is 21.9 Å². The quantitative estimate of drug-likeness (QED) is 0.575. The molecule has 4 heteroatoms. The number of nitrogens with zero attached hydrogens (tertiary/aromatic N) is 2. The van der Waals surface area contributed by atoms with Gasteiger partial charge in [-0.05, 0) is 72.1 Å². The zero-order valence-corrected chi connectivity index (χ0v) is 20.2. The van der Waals surface area contributed by atoms with E-state index in [-0.39, 0.29) is 24.5 Å². The summed E-state index contributed by atoms with van der Waals surface area (Å²) in [5.41, 5.74) is 4.59. The largest absolute Gasteiger partial charge is 0.396 e. The average molecular weight is 455 g/mol. The van der Waals surface area contributed by atoms with Crippen LogP contribution in [-0.2, 0) is 16.6 Å². The van der Waals surface area contributed by atoms with E-state index in [4.69, 9.17) is 0 Å². The maximum absolute atomic E-state index is 13.9. The molecule has 0 radical (unpaired) electrons. The van der Waals surface area contributed by atoms with Gasteiger partial charge in [-0.3, -0.25) is 9.69 Å². The van der Waals surface area contributed by atoms with Crippen molar-refractivity contribution in [3.8, 4) is 0 Å². The van der Waals surface area contributed by atoms with Crippen LogP contribution in [0.15, 0.2) is 60.7 Å². The summed E-state index contributed by atoms with van der Waals surface area (Å²) in [6.07, 6.45) is 3.76. The summed E-state index contributed by atoms with van der Waals surface area (Å²) in [5, 5.41) is 12.5. The Morgan fingerprint density at radius 2 is 1.76 bits per heavy atom. The van der Waals surface area contributed by atoms with Gasteiger partial charge < -0.3 is 10.0 Å². The fourth-order valence-corrected chi connectivity index (χ4v) is 6.96. The number of aliphatic hydroxyl groups excluding tert-OH is 1. The lowest BCUT2D eigenvalue weighted by atomic mass is 9.77. The second kappa shape index (κ2) is 8.21. The third kappa shape index (κ3) is 3.23. The fourth-order valence-electron chi connectivity index (χ4n) is 6.96. The first-order valence-corrected chi connectivity index (χ1v) is 12.8. The normalized spacial score (nSPS) is 25.8. The molecular formula is C30H34N2O2. The maximum Gasteiger partial charge on any atom is 0.237 e. The topological polar surface area (TPSA) is 43.8 Å². The number of fused-ring (bicyclic) bond motifs is 1. The lowest BCUT2D eigenvalue weighted by Gasteiger charge is -2.40. The Labute approximate surface area is 202 Å². The number of amides is 1. The molecule has 3 atom stereocenters. The van der Waals surface area contributed by atoms with Crippen LogP contribution in [0.2, 0.25) is 0 Å². The molecule has 0 bridgehead atoms. The summed E-state index contributed by atoms with van der Waals surface area (Å²) in [4.78, 5) is 18.6. The minimum atomic E-state index is -0.557. The van der Waals surface area contributed by atoms with E-state index >= 15 is 0 Å². The number of carbonyl (C=O) groups is 1. The summed E-state index contributed by atoms with van der Waals surface area (Å²) < 4.78 is 0. The molecule has 0 saturated carbocycles. The Morgan fingerprint density at radius 3 is 2.53 bits per heavy atom. The number of likely N-dealkylation sites (tertiary alicyclic amines) is 1. The van der Waals surface area contributed by atoms with E-state index in [1.807, 2.05) is 19.1 Å². The molecule has 2 unspecified atom stereocenters. The van der Waals surface area contributed by atoms with Gasteiger partial charge in [0.2, 0.25) is 5.91 Å². The number of piperidine rings is 1. The Kier molecular flexibility index (Phi) is 5.27. The predicted molar refractivity (Wildman–Crippen MR) is 137 cm³/mol. The van der Waals surface area contributed by atoms with Crippen molar-refractivity contribution < 1.29 is 9.90 Å². The van der Waals surface area contributed by atoms with E-state index in [0.717, 1.165) is 43.6 Å². The third-order valence-electron chi connectivity index (χ3n) is 8.62. The molecule has 0 spiro atoms. The van der Waals surface area contributed by atoms with Crippen LogP contribution < -0.4 is 4.90 Å². The van der Waals surface area contributed by atoms with Gasteiger partial charge in [-0.25, -0.2) is 0 Å². The number of benzene rings is 3. The standard InChI is InChI=1S/C30H34N2O2/c1-20(19-33)18-30(2)25-11-3-4-12-26(25)32(29(30)34)23-13-15-31(16-14-23)27-17-22-9-5-7-21-8-6-10-24(27)28(21)22/h3-12,20,23,27,33H,13-19H2,1-2H3/t20?,27-,30?/m1/s1. The molecule has 1 fully saturated rings. The molecule has 6 rings (SSSR count). The molecule has 3 aromatic carbocycles. The lowest BCUT2D eigenvalue weighted by Crippen LogP contribution is -2.50. The van der Waals surface area contributed by atoms with Gasteiger partial charge >= 0.3 is 0 Å². The Hall–Kier alpha value is -2.69. The molecule has 34 heavy (non-hydrogen) atoms. The molecule has 1 aliphatic carbocycles. The van der Waals surface area contributed by atoms with Crippen LogP contribution in [0.25, 0.3) is 10.8 Å². The number of aliphatic hydroxyl groups is 1. The lowest BCUT2D eigenvalue weighted by molar-refractivity contribution is -0.124. The molecule has 3 aliphatic rings. The highest BCUT2D eigenvalue weighted by atomic mass is 16.3. The zero-order chi connectivity index (χ0) is 23.4. The highest BCUT2D eigenvalue weighted by molar-refractivity contribution is 6.08. The van der Waals surface area contributed by atoms with E-state index in [9.17, 15) is 9.90 Å². The van der Waals surface area contributed by atoms with Crippen molar-refractivity contribution in [1.82, 2.24) is 4.90 Å². The van der Waals surface area contributed by atoms with Gasteiger partial charge in [0, 0.05) is 37.5 Å². The average Bonchev–Trinajstić information content (AvgIpc) is 3.34. The Morgan fingerprint density at radius 1 is 1.03 bits per heavy atom. The SMILES string of the molecule is CC(CO)CC1(C)C(=O)N(C2CCN([C@@H]3Cc4cccc5cccc3c45)CC2)c2ccccc21. The molecule has 3 aromatic rings. The van der Waals surface area contributed by atoms with Crippen molar-refractivity contribution in [1.29, 1.82) is 0 Å².